The predicted octanol–water partition coefficient (Wildman–Crippen LogP) is 2.40. The van der Waals surface area contributed by atoms with Crippen molar-refractivity contribution in [3.63, 3.8) is 0 Å². The Morgan fingerprint density at radius 2 is 2.00 bits per heavy atom. The molecule has 140 valence electrons. The first kappa shape index (κ1) is 18.9. The lowest BCUT2D eigenvalue weighted by atomic mass is 10.2. The van der Waals surface area contributed by atoms with Gasteiger partial charge in [-0.3, -0.25) is 4.79 Å². The molecule has 0 bridgehead atoms. The number of likely N-dealkylation sites (tertiary alicyclic amines) is 1. The molecule has 0 aliphatic carbocycles. The van der Waals surface area contributed by atoms with E-state index in [1.54, 1.807) is 31.4 Å². The summed E-state index contributed by atoms with van der Waals surface area (Å²) in [5.41, 5.74) is 0.814. The van der Waals surface area contributed by atoms with E-state index < -0.39 is 10.0 Å². The van der Waals surface area contributed by atoms with Gasteiger partial charge in [-0.1, -0.05) is 12.1 Å². The molecule has 6 nitrogen and oxygen atoms in total. The lowest BCUT2D eigenvalue weighted by Gasteiger charge is -2.14. The molecule has 1 aliphatic heterocycles. The molecule has 2 heterocycles. The van der Waals surface area contributed by atoms with Gasteiger partial charge in [0.15, 0.2) is 0 Å². The van der Waals surface area contributed by atoms with E-state index >= 15 is 0 Å². The highest BCUT2D eigenvalue weighted by molar-refractivity contribution is 7.91. The smallest absolute Gasteiger partial charge is 0.250 e. The standard InChI is InChI=1S/C18H22N2O4S2/c1-24-15-6-4-5-14(11-15)13-19-26(22,23)18-8-7-16(25-18)12-17(21)20-9-2-3-10-20/h4-8,11,19H,2-3,9-10,12-13H2,1H3. The molecule has 0 radical (unpaired) electrons. The third kappa shape index (κ3) is 4.63. The van der Waals surface area contributed by atoms with Gasteiger partial charge < -0.3 is 9.64 Å². The number of sulfonamides is 1. The third-order valence-electron chi connectivity index (χ3n) is 4.29. The minimum absolute atomic E-state index is 0.0673. The van der Waals surface area contributed by atoms with Crippen LogP contribution in [0.2, 0.25) is 0 Å². The molecule has 1 amide bonds. The number of carbonyl (C=O) groups is 1. The summed E-state index contributed by atoms with van der Waals surface area (Å²) in [4.78, 5) is 14.8. The van der Waals surface area contributed by atoms with Crippen molar-refractivity contribution >= 4 is 27.3 Å². The van der Waals surface area contributed by atoms with Gasteiger partial charge in [0, 0.05) is 24.5 Å². The van der Waals surface area contributed by atoms with Gasteiger partial charge in [-0.15, -0.1) is 11.3 Å². The van der Waals surface area contributed by atoms with E-state index in [1.165, 1.54) is 0 Å². The first-order valence-corrected chi connectivity index (χ1v) is 10.8. The summed E-state index contributed by atoms with van der Waals surface area (Å²) < 4.78 is 32.9. The van der Waals surface area contributed by atoms with Crippen molar-refractivity contribution in [2.45, 2.75) is 30.0 Å². The number of hydrogen-bond acceptors (Lipinski definition) is 5. The zero-order valence-corrected chi connectivity index (χ0v) is 16.2. The molecular weight excluding hydrogens is 372 g/mol. The molecule has 1 N–H and O–H groups in total. The highest BCUT2D eigenvalue weighted by atomic mass is 32.2. The fraction of sp³-hybridized carbons (Fsp3) is 0.389. The Kier molecular flexibility index (Phi) is 5.95. The summed E-state index contributed by atoms with van der Waals surface area (Å²) in [6, 6.07) is 10.5. The number of amides is 1. The normalized spacial score (nSPS) is 14.6. The number of carbonyl (C=O) groups excluding carboxylic acids is 1. The third-order valence-corrected chi connectivity index (χ3v) is 7.26. The SMILES string of the molecule is COc1cccc(CNS(=O)(=O)c2ccc(CC(=O)N3CCCC3)s2)c1. The summed E-state index contributed by atoms with van der Waals surface area (Å²) in [6.45, 7) is 1.79. The van der Waals surface area contributed by atoms with E-state index in [9.17, 15) is 13.2 Å². The van der Waals surface area contributed by atoms with Crippen LogP contribution in [-0.4, -0.2) is 39.4 Å². The van der Waals surface area contributed by atoms with E-state index in [2.05, 4.69) is 4.72 Å². The number of ether oxygens (including phenoxy) is 1. The van der Waals surface area contributed by atoms with E-state index in [1.807, 2.05) is 17.0 Å². The van der Waals surface area contributed by atoms with Crippen LogP contribution in [0.1, 0.15) is 23.3 Å². The number of methoxy groups -OCH3 is 1. The molecule has 1 saturated heterocycles. The Hall–Kier alpha value is -1.90. The van der Waals surface area contributed by atoms with Gasteiger partial charge in [-0.05, 0) is 42.7 Å². The predicted molar refractivity (Wildman–Crippen MR) is 101 cm³/mol. The van der Waals surface area contributed by atoms with E-state index in [4.69, 9.17) is 4.74 Å². The van der Waals surface area contributed by atoms with Crippen molar-refractivity contribution in [1.29, 1.82) is 0 Å². The second-order valence-corrected chi connectivity index (χ2v) is 9.32. The fourth-order valence-electron chi connectivity index (χ4n) is 2.86. The highest BCUT2D eigenvalue weighted by Crippen LogP contribution is 2.23. The van der Waals surface area contributed by atoms with Gasteiger partial charge in [-0.25, -0.2) is 13.1 Å². The van der Waals surface area contributed by atoms with Crippen LogP contribution in [0.25, 0.3) is 0 Å². The number of nitrogens with zero attached hydrogens (tertiary/aromatic N) is 1. The van der Waals surface area contributed by atoms with Crippen molar-refractivity contribution in [1.82, 2.24) is 9.62 Å². The van der Waals surface area contributed by atoms with Gasteiger partial charge in [0.1, 0.15) is 9.96 Å². The monoisotopic (exact) mass is 394 g/mol. The molecule has 0 unspecified atom stereocenters. The summed E-state index contributed by atoms with van der Waals surface area (Å²) >= 11 is 1.15. The number of hydrogen-bond donors (Lipinski definition) is 1. The molecule has 2 aromatic rings. The van der Waals surface area contributed by atoms with Crippen molar-refractivity contribution in [3.8, 4) is 5.75 Å². The summed E-state index contributed by atoms with van der Waals surface area (Å²) in [5, 5.41) is 0. The number of rotatable bonds is 7. The molecular formula is C18H22N2O4S2. The maximum Gasteiger partial charge on any atom is 0.250 e. The van der Waals surface area contributed by atoms with Crippen LogP contribution in [0.3, 0.4) is 0 Å². The maximum atomic E-state index is 12.5. The van der Waals surface area contributed by atoms with Gasteiger partial charge >= 0.3 is 0 Å². The summed E-state index contributed by atoms with van der Waals surface area (Å²) in [6.07, 6.45) is 2.35. The second-order valence-electron chi connectivity index (χ2n) is 6.16. The van der Waals surface area contributed by atoms with E-state index in [-0.39, 0.29) is 23.1 Å². The van der Waals surface area contributed by atoms with Crippen LogP contribution in [0, 0.1) is 0 Å². The molecule has 1 aromatic heterocycles. The number of thiophene rings is 1. The van der Waals surface area contributed by atoms with Crippen LogP contribution in [0.4, 0.5) is 0 Å². The summed E-state index contributed by atoms with van der Waals surface area (Å²) in [5.74, 6) is 0.748. The van der Waals surface area contributed by atoms with Crippen LogP contribution in [-0.2, 0) is 27.8 Å². The molecule has 8 heteroatoms. The number of benzene rings is 1. The average molecular weight is 395 g/mol. The molecule has 1 aliphatic rings. The fourth-order valence-corrected chi connectivity index (χ4v) is 5.27. The highest BCUT2D eigenvalue weighted by Gasteiger charge is 2.21. The second kappa shape index (κ2) is 8.20. The molecule has 0 spiro atoms. The molecule has 0 atom stereocenters. The molecule has 3 rings (SSSR count). The van der Waals surface area contributed by atoms with Crippen LogP contribution < -0.4 is 9.46 Å². The largest absolute Gasteiger partial charge is 0.497 e. The van der Waals surface area contributed by atoms with Crippen LogP contribution >= 0.6 is 11.3 Å². The quantitative estimate of drug-likeness (QED) is 0.782. The first-order valence-electron chi connectivity index (χ1n) is 8.47. The minimum atomic E-state index is -3.61. The molecule has 0 saturated carbocycles. The minimum Gasteiger partial charge on any atom is -0.497 e. The Morgan fingerprint density at radius 3 is 2.73 bits per heavy atom. The van der Waals surface area contributed by atoms with Gasteiger partial charge in [-0.2, -0.15) is 0 Å². The van der Waals surface area contributed by atoms with Crippen molar-refractivity contribution in [2.24, 2.45) is 0 Å². The van der Waals surface area contributed by atoms with E-state index in [0.717, 1.165) is 47.7 Å². The molecule has 1 fully saturated rings. The lowest BCUT2D eigenvalue weighted by molar-refractivity contribution is -0.129. The zero-order valence-electron chi connectivity index (χ0n) is 14.6. The molecule has 26 heavy (non-hydrogen) atoms. The van der Waals surface area contributed by atoms with Gasteiger partial charge in [0.05, 0.1) is 13.5 Å². The molecule has 1 aromatic carbocycles. The Morgan fingerprint density at radius 1 is 1.23 bits per heavy atom. The number of nitrogens with one attached hydrogen (secondary N) is 1. The zero-order chi connectivity index (χ0) is 18.6. The van der Waals surface area contributed by atoms with Gasteiger partial charge in [0.25, 0.3) is 0 Å². The topological polar surface area (TPSA) is 75.7 Å². The summed E-state index contributed by atoms with van der Waals surface area (Å²) in [7, 11) is -2.04. The van der Waals surface area contributed by atoms with Crippen LogP contribution in [0.15, 0.2) is 40.6 Å². The average Bonchev–Trinajstić information content (AvgIpc) is 3.32. The first-order chi connectivity index (χ1) is 12.5. The van der Waals surface area contributed by atoms with Crippen molar-refractivity contribution in [2.75, 3.05) is 20.2 Å². The van der Waals surface area contributed by atoms with Crippen molar-refractivity contribution < 1.29 is 17.9 Å². The van der Waals surface area contributed by atoms with Crippen molar-refractivity contribution in [3.05, 3.63) is 46.8 Å². The van der Waals surface area contributed by atoms with Gasteiger partial charge in [0.2, 0.25) is 15.9 Å². The maximum absolute atomic E-state index is 12.5. The lowest BCUT2D eigenvalue weighted by Crippen LogP contribution is -2.28. The van der Waals surface area contributed by atoms with Crippen LogP contribution in [0.5, 0.6) is 5.75 Å². The Balaban J connectivity index is 1.62. The van der Waals surface area contributed by atoms with E-state index in [0.29, 0.717) is 5.75 Å². The Labute approximate surface area is 157 Å². The Bertz CT molecular complexity index is 871.